The smallest absolute Gasteiger partial charge is 0.289 e. The van der Waals surface area contributed by atoms with Gasteiger partial charge in [0.2, 0.25) is 0 Å². The van der Waals surface area contributed by atoms with Crippen LogP contribution in [0.3, 0.4) is 0 Å². The summed E-state index contributed by atoms with van der Waals surface area (Å²) in [5.41, 5.74) is -0.527. The molecule has 5 heteroatoms. The molecule has 1 unspecified atom stereocenters. The van der Waals surface area contributed by atoms with Crippen molar-refractivity contribution < 1.29 is 18.7 Å². The Hall–Kier alpha value is -2.14. The molecular weight excluding hydrogens is 273 g/mol. The van der Waals surface area contributed by atoms with Gasteiger partial charge in [0, 0.05) is 13.1 Å². The first-order valence-corrected chi connectivity index (χ1v) is 6.83. The lowest BCUT2D eigenvalue weighted by molar-refractivity contribution is 0.0555. The Morgan fingerprint density at radius 1 is 1.33 bits per heavy atom. The van der Waals surface area contributed by atoms with Crippen molar-refractivity contribution >= 4 is 5.91 Å². The summed E-state index contributed by atoms with van der Waals surface area (Å²) in [6.07, 6.45) is 0.541. The SMILES string of the molecule is CC1(O)CCN(C(=O)c2ccc(-c3ccccc3F)o2)C1. The van der Waals surface area contributed by atoms with E-state index >= 15 is 0 Å². The third-order valence-corrected chi connectivity index (χ3v) is 3.70. The minimum absolute atomic E-state index is 0.158. The molecule has 1 amide bonds. The monoisotopic (exact) mass is 289 g/mol. The maximum Gasteiger partial charge on any atom is 0.289 e. The number of carbonyl (C=O) groups is 1. The van der Waals surface area contributed by atoms with Gasteiger partial charge in [-0.25, -0.2) is 4.39 Å². The highest BCUT2D eigenvalue weighted by atomic mass is 19.1. The lowest BCUT2D eigenvalue weighted by atomic mass is 10.1. The van der Waals surface area contributed by atoms with E-state index in [1.54, 1.807) is 36.1 Å². The van der Waals surface area contributed by atoms with Crippen LogP contribution in [0.1, 0.15) is 23.9 Å². The Bertz CT molecular complexity index is 678. The molecule has 0 bridgehead atoms. The van der Waals surface area contributed by atoms with E-state index in [-0.39, 0.29) is 18.2 Å². The van der Waals surface area contributed by atoms with Gasteiger partial charge in [-0.1, -0.05) is 12.1 Å². The second kappa shape index (κ2) is 5.00. The molecule has 0 radical (unpaired) electrons. The molecular formula is C16H16FNO3. The number of hydrogen-bond acceptors (Lipinski definition) is 3. The highest BCUT2D eigenvalue weighted by Gasteiger charge is 2.35. The molecule has 1 saturated heterocycles. The Morgan fingerprint density at radius 3 is 2.76 bits per heavy atom. The van der Waals surface area contributed by atoms with E-state index in [1.807, 2.05) is 0 Å². The molecule has 1 atom stereocenters. The Morgan fingerprint density at radius 2 is 2.10 bits per heavy atom. The van der Waals surface area contributed by atoms with Crippen LogP contribution < -0.4 is 0 Å². The van der Waals surface area contributed by atoms with Gasteiger partial charge in [0.25, 0.3) is 5.91 Å². The predicted molar refractivity (Wildman–Crippen MR) is 75.2 cm³/mol. The molecule has 0 spiro atoms. The van der Waals surface area contributed by atoms with Crippen LogP contribution in [0, 0.1) is 5.82 Å². The van der Waals surface area contributed by atoms with Crippen molar-refractivity contribution in [3.05, 3.63) is 48.0 Å². The highest BCUT2D eigenvalue weighted by molar-refractivity contribution is 5.92. The largest absolute Gasteiger partial charge is 0.451 e. The standard InChI is InChI=1S/C16H16FNO3/c1-16(20)8-9-18(10-16)15(19)14-7-6-13(21-14)11-4-2-3-5-12(11)17/h2-7,20H,8-10H2,1H3. The summed E-state index contributed by atoms with van der Waals surface area (Å²) in [7, 11) is 0. The Kier molecular flexibility index (Phi) is 3.29. The summed E-state index contributed by atoms with van der Waals surface area (Å²) < 4.78 is 19.2. The zero-order chi connectivity index (χ0) is 15.0. The van der Waals surface area contributed by atoms with Crippen molar-refractivity contribution in [1.29, 1.82) is 0 Å². The molecule has 21 heavy (non-hydrogen) atoms. The van der Waals surface area contributed by atoms with Gasteiger partial charge in [0.15, 0.2) is 5.76 Å². The van der Waals surface area contributed by atoms with Crippen molar-refractivity contribution in [2.45, 2.75) is 18.9 Å². The number of likely N-dealkylation sites (tertiary alicyclic amines) is 1. The maximum absolute atomic E-state index is 13.7. The fourth-order valence-electron chi connectivity index (χ4n) is 2.53. The molecule has 1 aliphatic heterocycles. The molecule has 1 aliphatic rings. The van der Waals surface area contributed by atoms with Gasteiger partial charge in [-0.2, -0.15) is 0 Å². The fraction of sp³-hybridized carbons (Fsp3) is 0.312. The minimum atomic E-state index is -0.851. The van der Waals surface area contributed by atoms with E-state index in [4.69, 9.17) is 4.42 Å². The van der Waals surface area contributed by atoms with E-state index < -0.39 is 11.4 Å². The summed E-state index contributed by atoms with van der Waals surface area (Å²) >= 11 is 0. The van der Waals surface area contributed by atoms with Gasteiger partial charge < -0.3 is 14.4 Å². The fourth-order valence-corrected chi connectivity index (χ4v) is 2.53. The number of β-amino-alcohol motifs (C(OH)–C–C–N with tert-alkyl or cyclic N) is 1. The average molecular weight is 289 g/mol. The molecule has 4 nitrogen and oxygen atoms in total. The Labute approximate surface area is 121 Å². The molecule has 1 aromatic heterocycles. The molecule has 110 valence electrons. The third kappa shape index (κ3) is 2.69. The van der Waals surface area contributed by atoms with Crippen LogP contribution in [-0.4, -0.2) is 34.6 Å². The molecule has 1 N–H and O–H groups in total. The van der Waals surface area contributed by atoms with Crippen molar-refractivity contribution in [3.63, 3.8) is 0 Å². The van der Waals surface area contributed by atoms with Crippen LogP contribution >= 0.6 is 0 Å². The summed E-state index contributed by atoms with van der Waals surface area (Å²) in [5.74, 6) is -0.196. The van der Waals surface area contributed by atoms with E-state index in [0.717, 1.165) is 0 Å². The first-order chi connectivity index (χ1) is 9.96. The number of nitrogens with zero attached hydrogens (tertiary/aromatic N) is 1. The second-order valence-electron chi connectivity index (χ2n) is 5.62. The quantitative estimate of drug-likeness (QED) is 0.924. The van der Waals surface area contributed by atoms with Crippen LogP contribution in [-0.2, 0) is 0 Å². The van der Waals surface area contributed by atoms with Gasteiger partial charge >= 0.3 is 0 Å². The number of aliphatic hydroxyl groups is 1. The molecule has 3 rings (SSSR count). The zero-order valence-corrected chi connectivity index (χ0v) is 11.7. The number of benzene rings is 1. The molecule has 0 aliphatic carbocycles. The number of halogens is 1. The van der Waals surface area contributed by atoms with Gasteiger partial charge in [-0.05, 0) is 37.6 Å². The van der Waals surface area contributed by atoms with Crippen molar-refractivity contribution in [1.82, 2.24) is 4.90 Å². The van der Waals surface area contributed by atoms with Gasteiger partial charge in [-0.3, -0.25) is 4.79 Å². The average Bonchev–Trinajstić information content (AvgIpc) is 3.05. The van der Waals surface area contributed by atoms with E-state index in [0.29, 0.717) is 24.3 Å². The number of amides is 1. The lowest BCUT2D eigenvalue weighted by Crippen LogP contribution is -2.33. The highest BCUT2D eigenvalue weighted by Crippen LogP contribution is 2.27. The van der Waals surface area contributed by atoms with Gasteiger partial charge in [-0.15, -0.1) is 0 Å². The molecule has 1 aromatic carbocycles. The van der Waals surface area contributed by atoms with Crippen LogP contribution in [0.5, 0.6) is 0 Å². The normalized spacial score (nSPS) is 21.8. The van der Waals surface area contributed by atoms with Crippen LogP contribution in [0.2, 0.25) is 0 Å². The van der Waals surface area contributed by atoms with Crippen molar-refractivity contribution in [2.24, 2.45) is 0 Å². The summed E-state index contributed by atoms with van der Waals surface area (Å²) in [6.45, 7) is 2.47. The predicted octanol–water partition coefficient (Wildman–Crippen LogP) is 2.68. The topological polar surface area (TPSA) is 53.7 Å². The van der Waals surface area contributed by atoms with E-state index in [1.165, 1.54) is 12.1 Å². The second-order valence-corrected chi connectivity index (χ2v) is 5.62. The number of furan rings is 1. The first kappa shape index (κ1) is 13.8. The lowest BCUT2D eigenvalue weighted by Gasteiger charge is -2.17. The maximum atomic E-state index is 13.7. The van der Waals surface area contributed by atoms with E-state index in [2.05, 4.69) is 0 Å². The zero-order valence-electron chi connectivity index (χ0n) is 11.7. The molecule has 2 aromatic rings. The summed E-state index contributed by atoms with van der Waals surface area (Å²) in [5, 5.41) is 9.91. The molecule has 1 fully saturated rings. The first-order valence-electron chi connectivity index (χ1n) is 6.83. The molecule has 2 heterocycles. The van der Waals surface area contributed by atoms with Gasteiger partial charge in [0.1, 0.15) is 11.6 Å². The number of rotatable bonds is 2. The van der Waals surface area contributed by atoms with Crippen LogP contribution in [0.4, 0.5) is 4.39 Å². The minimum Gasteiger partial charge on any atom is -0.451 e. The third-order valence-electron chi connectivity index (χ3n) is 3.70. The molecule has 0 saturated carbocycles. The van der Waals surface area contributed by atoms with E-state index in [9.17, 15) is 14.3 Å². The van der Waals surface area contributed by atoms with Crippen molar-refractivity contribution in [2.75, 3.05) is 13.1 Å². The Balaban J connectivity index is 1.83. The number of carbonyl (C=O) groups excluding carboxylic acids is 1. The number of hydrogen-bond donors (Lipinski definition) is 1. The van der Waals surface area contributed by atoms with Crippen molar-refractivity contribution in [3.8, 4) is 11.3 Å². The summed E-state index contributed by atoms with van der Waals surface area (Å²) in [4.78, 5) is 13.8. The van der Waals surface area contributed by atoms with Crippen LogP contribution in [0.15, 0.2) is 40.8 Å². The van der Waals surface area contributed by atoms with Gasteiger partial charge in [0.05, 0.1) is 11.2 Å². The summed E-state index contributed by atoms with van der Waals surface area (Å²) in [6, 6.07) is 9.37. The van der Waals surface area contributed by atoms with Crippen LogP contribution in [0.25, 0.3) is 11.3 Å².